The van der Waals surface area contributed by atoms with Crippen molar-refractivity contribution < 1.29 is 4.52 Å². The smallest absolute Gasteiger partial charge is 0.264 e. The molecule has 0 saturated carbocycles. The van der Waals surface area contributed by atoms with E-state index in [4.69, 9.17) is 4.52 Å². The number of aromatic amines is 1. The Labute approximate surface area is 138 Å². The lowest BCUT2D eigenvalue weighted by molar-refractivity contribution is 0.242. The summed E-state index contributed by atoms with van der Waals surface area (Å²) in [5.41, 5.74) is 2.78. The van der Waals surface area contributed by atoms with E-state index in [2.05, 4.69) is 25.2 Å². The van der Waals surface area contributed by atoms with Gasteiger partial charge in [-0.2, -0.15) is 10.1 Å². The fourth-order valence-corrected chi connectivity index (χ4v) is 2.91. The first-order valence-corrected chi connectivity index (χ1v) is 7.96. The fraction of sp³-hybridized carbons (Fsp3) is 0.294. The Bertz CT molecular complexity index is 887. The Balaban J connectivity index is 1.39. The molecule has 2 aromatic heterocycles. The molecule has 0 spiro atoms. The average molecular weight is 323 g/mol. The molecule has 1 N–H and O–H groups in total. The van der Waals surface area contributed by atoms with Crippen LogP contribution in [0.5, 0.6) is 0 Å². The molecular formula is C17H17N5O2. The summed E-state index contributed by atoms with van der Waals surface area (Å²) in [6.45, 7) is 2.44. The summed E-state index contributed by atoms with van der Waals surface area (Å²) in [5, 5.41) is 10.6. The van der Waals surface area contributed by atoms with E-state index in [1.807, 2.05) is 30.3 Å². The van der Waals surface area contributed by atoms with Crippen LogP contribution in [0.15, 0.2) is 45.7 Å². The Morgan fingerprint density at radius 2 is 2.12 bits per heavy atom. The third-order valence-corrected chi connectivity index (χ3v) is 4.18. The number of H-pyrrole nitrogens is 1. The first-order chi connectivity index (χ1) is 11.8. The van der Waals surface area contributed by atoms with Crippen LogP contribution in [0.2, 0.25) is 0 Å². The summed E-state index contributed by atoms with van der Waals surface area (Å²) in [7, 11) is 0. The number of nitrogens with zero attached hydrogens (tertiary/aromatic N) is 4. The Kier molecular flexibility index (Phi) is 3.92. The molecule has 3 aromatic rings. The van der Waals surface area contributed by atoms with Crippen LogP contribution >= 0.6 is 0 Å². The predicted molar refractivity (Wildman–Crippen MR) is 87.3 cm³/mol. The van der Waals surface area contributed by atoms with Gasteiger partial charge in [0.1, 0.15) is 0 Å². The van der Waals surface area contributed by atoms with Crippen molar-refractivity contribution in [2.24, 2.45) is 0 Å². The molecule has 1 aliphatic heterocycles. The second-order valence-corrected chi connectivity index (χ2v) is 5.86. The first kappa shape index (κ1) is 14.8. The third kappa shape index (κ3) is 3.11. The average Bonchev–Trinajstić information content (AvgIpc) is 3.09. The monoisotopic (exact) mass is 323 g/mol. The van der Waals surface area contributed by atoms with Crippen molar-refractivity contribution in [3.63, 3.8) is 0 Å². The fourth-order valence-electron chi connectivity index (χ4n) is 2.91. The molecule has 0 aliphatic carbocycles. The zero-order valence-electron chi connectivity index (χ0n) is 13.1. The van der Waals surface area contributed by atoms with Crippen molar-refractivity contribution in [3.05, 3.63) is 63.9 Å². The summed E-state index contributed by atoms with van der Waals surface area (Å²) < 4.78 is 5.34. The largest absolute Gasteiger partial charge is 0.339 e. The number of hydrogen-bond donors (Lipinski definition) is 1. The lowest BCUT2D eigenvalue weighted by atomic mass is 10.1. The van der Waals surface area contributed by atoms with E-state index in [-0.39, 0.29) is 5.56 Å². The highest BCUT2D eigenvalue weighted by Gasteiger charge is 2.18. The third-order valence-electron chi connectivity index (χ3n) is 4.18. The van der Waals surface area contributed by atoms with Crippen molar-refractivity contribution in [2.45, 2.75) is 19.4 Å². The van der Waals surface area contributed by atoms with Gasteiger partial charge in [0.05, 0.1) is 5.69 Å². The minimum absolute atomic E-state index is 0.153. The summed E-state index contributed by atoms with van der Waals surface area (Å²) in [6, 6.07) is 11.4. The SMILES string of the molecule is O=c1cc2c(n[nH]1)CCN(CCc1nc(-c3ccccc3)no1)C2. The highest BCUT2D eigenvalue weighted by Crippen LogP contribution is 2.17. The maximum absolute atomic E-state index is 11.4. The molecule has 0 atom stereocenters. The van der Waals surface area contributed by atoms with Crippen molar-refractivity contribution in [1.29, 1.82) is 0 Å². The van der Waals surface area contributed by atoms with Crippen LogP contribution in [0.4, 0.5) is 0 Å². The zero-order valence-corrected chi connectivity index (χ0v) is 13.1. The van der Waals surface area contributed by atoms with Crippen molar-refractivity contribution >= 4 is 0 Å². The number of nitrogens with one attached hydrogen (secondary N) is 1. The normalized spacial score (nSPS) is 14.5. The molecular weight excluding hydrogens is 306 g/mol. The van der Waals surface area contributed by atoms with E-state index in [9.17, 15) is 4.79 Å². The van der Waals surface area contributed by atoms with Gasteiger partial charge in [0, 0.05) is 44.1 Å². The van der Waals surface area contributed by atoms with Crippen molar-refractivity contribution in [1.82, 2.24) is 25.2 Å². The number of fused-ring (bicyclic) bond motifs is 1. The standard InChI is InChI=1S/C17H17N5O2/c23-15-10-13-11-22(8-6-14(13)19-20-15)9-7-16-18-17(21-24-16)12-4-2-1-3-5-12/h1-5,10H,6-9,11H2,(H,20,23). The summed E-state index contributed by atoms with van der Waals surface area (Å²) >= 11 is 0. The predicted octanol–water partition coefficient (Wildman–Crippen LogP) is 1.42. The van der Waals surface area contributed by atoms with Gasteiger partial charge in [0.2, 0.25) is 11.7 Å². The number of hydrogen-bond acceptors (Lipinski definition) is 6. The number of aromatic nitrogens is 4. The van der Waals surface area contributed by atoms with Gasteiger partial charge in [0.15, 0.2) is 0 Å². The molecule has 0 bridgehead atoms. The molecule has 1 aliphatic rings. The van der Waals surface area contributed by atoms with Crippen molar-refractivity contribution in [3.8, 4) is 11.4 Å². The van der Waals surface area contributed by atoms with Crippen LogP contribution in [0.3, 0.4) is 0 Å². The van der Waals surface area contributed by atoms with Crippen LogP contribution in [0.25, 0.3) is 11.4 Å². The minimum atomic E-state index is -0.153. The molecule has 0 radical (unpaired) electrons. The topological polar surface area (TPSA) is 87.9 Å². The van der Waals surface area contributed by atoms with Gasteiger partial charge >= 0.3 is 0 Å². The lowest BCUT2D eigenvalue weighted by Crippen LogP contribution is -2.34. The number of benzene rings is 1. The molecule has 122 valence electrons. The second kappa shape index (κ2) is 6.37. The minimum Gasteiger partial charge on any atom is -0.339 e. The first-order valence-electron chi connectivity index (χ1n) is 7.96. The summed E-state index contributed by atoms with van der Waals surface area (Å²) in [4.78, 5) is 18.1. The quantitative estimate of drug-likeness (QED) is 0.781. The van der Waals surface area contributed by atoms with Gasteiger partial charge in [-0.3, -0.25) is 9.69 Å². The molecule has 24 heavy (non-hydrogen) atoms. The molecule has 3 heterocycles. The molecule has 7 heteroatoms. The molecule has 4 rings (SSSR count). The zero-order chi connectivity index (χ0) is 16.4. The van der Waals surface area contributed by atoms with Crippen LogP contribution in [0.1, 0.15) is 17.1 Å². The molecule has 0 unspecified atom stereocenters. The van der Waals surface area contributed by atoms with Crippen LogP contribution in [-0.2, 0) is 19.4 Å². The van der Waals surface area contributed by atoms with Gasteiger partial charge in [-0.1, -0.05) is 35.5 Å². The van der Waals surface area contributed by atoms with Gasteiger partial charge in [0.25, 0.3) is 5.56 Å². The lowest BCUT2D eigenvalue weighted by Gasteiger charge is -2.26. The summed E-state index contributed by atoms with van der Waals surface area (Å²) in [6.07, 6.45) is 1.52. The van der Waals surface area contributed by atoms with Gasteiger partial charge in [-0.05, 0) is 5.56 Å². The van der Waals surface area contributed by atoms with Gasteiger partial charge in [-0.25, -0.2) is 5.10 Å². The Hall–Kier alpha value is -2.80. The second-order valence-electron chi connectivity index (χ2n) is 5.86. The van der Waals surface area contributed by atoms with Gasteiger partial charge in [-0.15, -0.1) is 0 Å². The van der Waals surface area contributed by atoms with E-state index in [1.54, 1.807) is 6.07 Å². The summed E-state index contributed by atoms with van der Waals surface area (Å²) in [5.74, 6) is 1.24. The van der Waals surface area contributed by atoms with Crippen molar-refractivity contribution in [2.75, 3.05) is 13.1 Å². The van der Waals surface area contributed by atoms with Crippen LogP contribution in [-0.4, -0.2) is 38.3 Å². The molecule has 0 amide bonds. The van der Waals surface area contributed by atoms with E-state index in [1.165, 1.54) is 0 Å². The van der Waals surface area contributed by atoms with E-state index in [0.29, 0.717) is 18.1 Å². The van der Waals surface area contributed by atoms with E-state index >= 15 is 0 Å². The van der Waals surface area contributed by atoms with Crippen LogP contribution in [0, 0.1) is 0 Å². The molecule has 1 aromatic carbocycles. The Morgan fingerprint density at radius 3 is 3.00 bits per heavy atom. The highest BCUT2D eigenvalue weighted by atomic mass is 16.5. The molecule has 0 fully saturated rings. The molecule has 7 nitrogen and oxygen atoms in total. The molecule has 0 saturated heterocycles. The maximum Gasteiger partial charge on any atom is 0.264 e. The van der Waals surface area contributed by atoms with Crippen LogP contribution < -0.4 is 5.56 Å². The Morgan fingerprint density at radius 1 is 1.25 bits per heavy atom. The van der Waals surface area contributed by atoms with E-state index < -0.39 is 0 Å². The van der Waals surface area contributed by atoms with E-state index in [0.717, 1.165) is 42.9 Å². The maximum atomic E-state index is 11.4. The number of rotatable bonds is 4. The highest BCUT2D eigenvalue weighted by molar-refractivity contribution is 5.53. The van der Waals surface area contributed by atoms with Gasteiger partial charge < -0.3 is 4.52 Å².